The number of rotatable bonds is 1. The van der Waals surface area contributed by atoms with E-state index in [0.717, 1.165) is 28.1 Å². The molecule has 0 bridgehead atoms. The SMILES string of the molecule is Cc1cccc2c1/C(=C\c1ccc[nH]1)C(=O)N2. The van der Waals surface area contributed by atoms with Crippen LogP contribution in [0.2, 0.25) is 0 Å². The van der Waals surface area contributed by atoms with Gasteiger partial charge in [-0.2, -0.15) is 0 Å². The van der Waals surface area contributed by atoms with Crippen LogP contribution in [0.3, 0.4) is 0 Å². The number of hydrogen-bond acceptors (Lipinski definition) is 1. The molecule has 17 heavy (non-hydrogen) atoms. The van der Waals surface area contributed by atoms with Crippen molar-refractivity contribution in [2.24, 2.45) is 0 Å². The first-order chi connectivity index (χ1) is 8.25. The standard InChI is InChI=1S/C14H12N2O/c1-9-4-2-6-12-13(9)11(14(17)16-12)8-10-5-3-7-15-10/h2-8,15H,1H3,(H,16,17)/b11-8+. The molecule has 0 radical (unpaired) electrons. The average Bonchev–Trinajstić information content (AvgIpc) is 2.89. The lowest BCUT2D eigenvalue weighted by Gasteiger charge is -2.02. The van der Waals surface area contributed by atoms with E-state index in [4.69, 9.17) is 0 Å². The molecule has 3 nitrogen and oxygen atoms in total. The number of aromatic amines is 1. The zero-order chi connectivity index (χ0) is 11.8. The van der Waals surface area contributed by atoms with Gasteiger partial charge in [0.05, 0.1) is 5.57 Å². The fourth-order valence-corrected chi connectivity index (χ4v) is 2.16. The van der Waals surface area contributed by atoms with Crippen molar-refractivity contribution in [1.29, 1.82) is 0 Å². The summed E-state index contributed by atoms with van der Waals surface area (Å²) in [6, 6.07) is 9.75. The molecule has 0 atom stereocenters. The Morgan fingerprint density at radius 1 is 1.18 bits per heavy atom. The minimum Gasteiger partial charge on any atom is -0.362 e. The van der Waals surface area contributed by atoms with Crippen molar-refractivity contribution in [2.45, 2.75) is 6.92 Å². The summed E-state index contributed by atoms with van der Waals surface area (Å²) in [5.41, 5.74) is 4.67. The number of hydrogen-bond donors (Lipinski definition) is 2. The molecule has 0 spiro atoms. The highest BCUT2D eigenvalue weighted by atomic mass is 16.2. The second kappa shape index (κ2) is 3.63. The van der Waals surface area contributed by atoms with Crippen LogP contribution in [-0.4, -0.2) is 10.9 Å². The molecule has 3 heteroatoms. The van der Waals surface area contributed by atoms with E-state index in [1.165, 1.54) is 0 Å². The van der Waals surface area contributed by atoms with Crippen molar-refractivity contribution >= 4 is 23.2 Å². The highest BCUT2D eigenvalue weighted by molar-refractivity contribution is 6.35. The molecule has 0 aliphatic carbocycles. The minimum atomic E-state index is -0.0381. The lowest BCUT2D eigenvalue weighted by Crippen LogP contribution is -2.03. The van der Waals surface area contributed by atoms with Gasteiger partial charge in [-0.1, -0.05) is 12.1 Å². The zero-order valence-corrected chi connectivity index (χ0v) is 9.45. The average molecular weight is 224 g/mol. The first kappa shape index (κ1) is 9.90. The summed E-state index contributed by atoms with van der Waals surface area (Å²) in [5.74, 6) is -0.0381. The Kier molecular flexibility index (Phi) is 2.11. The molecule has 3 rings (SSSR count). The second-order valence-electron chi connectivity index (χ2n) is 4.14. The largest absolute Gasteiger partial charge is 0.362 e. The van der Waals surface area contributed by atoms with Crippen molar-refractivity contribution in [3.63, 3.8) is 0 Å². The van der Waals surface area contributed by atoms with Crippen LogP contribution in [0.15, 0.2) is 36.5 Å². The second-order valence-corrected chi connectivity index (χ2v) is 4.14. The number of aryl methyl sites for hydroxylation is 1. The molecule has 1 amide bonds. The van der Waals surface area contributed by atoms with Gasteiger partial charge in [-0.15, -0.1) is 0 Å². The summed E-state index contributed by atoms with van der Waals surface area (Å²) >= 11 is 0. The summed E-state index contributed by atoms with van der Waals surface area (Å²) in [4.78, 5) is 15.0. The van der Waals surface area contributed by atoms with Crippen LogP contribution in [0.1, 0.15) is 16.8 Å². The highest BCUT2D eigenvalue weighted by Crippen LogP contribution is 2.35. The maximum atomic E-state index is 11.9. The molecule has 1 aliphatic heterocycles. The van der Waals surface area contributed by atoms with Gasteiger partial charge in [-0.3, -0.25) is 4.79 Å². The minimum absolute atomic E-state index is 0.0381. The van der Waals surface area contributed by atoms with Gasteiger partial charge in [0.25, 0.3) is 5.91 Å². The molecule has 2 N–H and O–H groups in total. The number of aromatic nitrogens is 1. The van der Waals surface area contributed by atoms with Crippen LogP contribution >= 0.6 is 0 Å². The molecule has 0 fully saturated rings. The Hall–Kier alpha value is -2.29. The van der Waals surface area contributed by atoms with E-state index >= 15 is 0 Å². The Morgan fingerprint density at radius 2 is 2.06 bits per heavy atom. The number of fused-ring (bicyclic) bond motifs is 1. The van der Waals surface area contributed by atoms with Crippen molar-refractivity contribution in [1.82, 2.24) is 4.98 Å². The van der Waals surface area contributed by atoms with Crippen molar-refractivity contribution in [3.8, 4) is 0 Å². The van der Waals surface area contributed by atoms with Gasteiger partial charge in [0.15, 0.2) is 0 Å². The molecule has 0 saturated heterocycles. The molecule has 1 aromatic heterocycles. The molecular formula is C14H12N2O. The van der Waals surface area contributed by atoms with Gasteiger partial charge in [0, 0.05) is 23.1 Å². The lowest BCUT2D eigenvalue weighted by atomic mass is 10.0. The summed E-state index contributed by atoms with van der Waals surface area (Å²) in [7, 11) is 0. The number of anilines is 1. The van der Waals surface area contributed by atoms with E-state index in [0.29, 0.717) is 0 Å². The van der Waals surface area contributed by atoms with Gasteiger partial charge in [-0.25, -0.2) is 0 Å². The van der Waals surface area contributed by atoms with E-state index < -0.39 is 0 Å². The maximum Gasteiger partial charge on any atom is 0.256 e. The van der Waals surface area contributed by atoms with Gasteiger partial charge < -0.3 is 10.3 Å². The summed E-state index contributed by atoms with van der Waals surface area (Å²) in [5, 5.41) is 2.88. The van der Waals surface area contributed by atoms with Crippen LogP contribution in [0.5, 0.6) is 0 Å². The smallest absolute Gasteiger partial charge is 0.256 e. The molecule has 1 aliphatic rings. The number of H-pyrrole nitrogens is 1. The predicted octanol–water partition coefficient (Wildman–Crippen LogP) is 2.82. The number of nitrogens with one attached hydrogen (secondary N) is 2. The van der Waals surface area contributed by atoms with Crippen LogP contribution in [0, 0.1) is 6.92 Å². The number of amides is 1. The molecule has 84 valence electrons. The molecular weight excluding hydrogens is 212 g/mol. The molecule has 1 aromatic carbocycles. The van der Waals surface area contributed by atoms with E-state index in [9.17, 15) is 4.79 Å². The molecule has 2 aromatic rings. The van der Waals surface area contributed by atoms with Crippen LogP contribution in [0.4, 0.5) is 5.69 Å². The molecule has 0 unspecified atom stereocenters. The van der Waals surface area contributed by atoms with Crippen LogP contribution in [-0.2, 0) is 4.79 Å². The van der Waals surface area contributed by atoms with E-state index in [1.54, 1.807) is 0 Å². The Labute approximate surface area is 99.2 Å². The fourth-order valence-electron chi connectivity index (χ4n) is 2.16. The van der Waals surface area contributed by atoms with E-state index in [-0.39, 0.29) is 5.91 Å². The summed E-state index contributed by atoms with van der Waals surface area (Å²) in [6.07, 6.45) is 3.73. The van der Waals surface area contributed by atoms with E-state index in [2.05, 4.69) is 10.3 Å². The first-order valence-corrected chi connectivity index (χ1v) is 5.52. The van der Waals surface area contributed by atoms with Gasteiger partial charge in [-0.05, 0) is 36.8 Å². The third-order valence-corrected chi connectivity index (χ3v) is 2.96. The Bertz CT molecular complexity index is 609. The maximum absolute atomic E-state index is 11.9. The van der Waals surface area contributed by atoms with Gasteiger partial charge in [0.2, 0.25) is 0 Å². The van der Waals surface area contributed by atoms with Crippen molar-refractivity contribution in [2.75, 3.05) is 5.32 Å². The lowest BCUT2D eigenvalue weighted by molar-refractivity contribution is -0.110. The summed E-state index contributed by atoms with van der Waals surface area (Å²) < 4.78 is 0. The summed E-state index contributed by atoms with van der Waals surface area (Å²) in [6.45, 7) is 2.02. The van der Waals surface area contributed by atoms with Crippen LogP contribution < -0.4 is 5.32 Å². The normalized spacial score (nSPS) is 16.1. The molecule has 0 saturated carbocycles. The quantitative estimate of drug-likeness (QED) is 0.719. The predicted molar refractivity (Wildman–Crippen MR) is 68.5 cm³/mol. The first-order valence-electron chi connectivity index (χ1n) is 5.52. The van der Waals surface area contributed by atoms with Gasteiger partial charge >= 0.3 is 0 Å². The Morgan fingerprint density at radius 3 is 2.82 bits per heavy atom. The molecule has 2 heterocycles. The van der Waals surface area contributed by atoms with Gasteiger partial charge in [0.1, 0.15) is 0 Å². The topological polar surface area (TPSA) is 44.9 Å². The Balaban J connectivity index is 2.17. The number of benzene rings is 1. The van der Waals surface area contributed by atoms with Crippen molar-refractivity contribution < 1.29 is 4.79 Å². The third-order valence-electron chi connectivity index (χ3n) is 2.96. The van der Waals surface area contributed by atoms with Crippen molar-refractivity contribution in [3.05, 3.63) is 53.3 Å². The number of carbonyl (C=O) groups is 1. The number of carbonyl (C=O) groups excluding carboxylic acids is 1. The third kappa shape index (κ3) is 1.56. The fraction of sp³-hybridized carbons (Fsp3) is 0.0714. The monoisotopic (exact) mass is 224 g/mol. The van der Waals surface area contributed by atoms with Crippen LogP contribution in [0.25, 0.3) is 11.6 Å². The van der Waals surface area contributed by atoms with E-state index in [1.807, 2.05) is 49.5 Å². The highest BCUT2D eigenvalue weighted by Gasteiger charge is 2.25. The zero-order valence-electron chi connectivity index (χ0n) is 9.45.